The highest BCUT2D eigenvalue weighted by atomic mass is 16.6. The molecule has 1 aliphatic heterocycles. The van der Waals surface area contributed by atoms with Crippen LogP contribution >= 0.6 is 0 Å². The maximum Gasteiger partial charge on any atom is 0.421 e. The number of nitrogens with zero attached hydrogens (tertiary/aromatic N) is 1. The number of carbonyl (C=O) groups excluding carboxylic acids is 2. The molecule has 1 fully saturated rings. The Morgan fingerprint density at radius 2 is 1.81 bits per heavy atom. The maximum absolute atomic E-state index is 11.5. The third-order valence-electron chi connectivity index (χ3n) is 3.02. The van der Waals surface area contributed by atoms with Gasteiger partial charge in [-0.3, -0.25) is 4.79 Å². The van der Waals surface area contributed by atoms with Crippen LogP contribution in [0.2, 0.25) is 0 Å². The summed E-state index contributed by atoms with van der Waals surface area (Å²) in [7, 11) is 0. The molecule has 1 heterocycles. The Balaban J connectivity index is 2.52. The zero-order valence-electron chi connectivity index (χ0n) is 9.53. The highest BCUT2D eigenvalue weighted by Gasteiger charge is 2.33. The molecule has 0 aromatic heterocycles. The minimum absolute atomic E-state index is 0.162. The van der Waals surface area contributed by atoms with Gasteiger partial charge in [0.1, 0.15) is 0 Å². The topological polar surface area (TPSA) is 46.6 Å². The minimum atomic E-state index is -0.587. The lowest BCUT2D eigenvalue weighted by Gasteiger charge is -2.16. The molecule has 1 aliphatic rings. The molecule has 0 N–H and O–H groups in total. The van der Waals surface area contributed by atoms with E-state index >= 15 is 0 Å². The monoisotopic (exact) mass is 219 g/mol. The molecule has 1 aromatic rings. The van der Waals surface area contributed by atoms with Gasteiger partial charge in [-0.15, -0.1) is 0 Å². The van der Waals surface area contributed by atoms with Crippen LogP contribution in [0.3, 0.4) is 0 Å². The van der Waals surface area contributed by atoms with E-state index in [1.165, 1.54) is 0 Å². The molecular formula is C12H13NO3. The summed E-state index contributed by atoms with van der Waals surface area (Å²) in [6, 6.07) is 3.68. The summed E-state index contributed by atoms with van der Waals surface area (Å²) in [4.78, 5) is 24.0. The van der Waals surface area contributed by atoms with E-state index in [2.05, 4.69) is 0 Å². The Bertz CT molecular complexity index is 463. The first-order valence-corrected chi connectivity index (χ1v) is 5.09. The molecule has 0 atom stereocenters. The van der Waals surface area contributed by atoms with Crippen molar-refractivity contribution >= 4 is 17.7 Å². The molecule has 0 bridgehead atoms. The number of hydrogen-bond acceptors (Lipinski definition) is 3. The van der Waals surface area contributed by atoms with Gasteiger partial charge >= 0.3 is 6.09 Å². The quantitative estimate of drug-likeness (QED) is 0.726. The summed E-state index contributed by atoms with van der Waals surface area (Å²) in [6.07, 6.45) is -0.587. The predicted octanol–water partition coefficient (Wildman–Crippen LogP) is 2.10. The number of hydrogen-bond donors (Lipinski definition) is 0. The van der Waals surface area contributed by atoms with Crippen molar-refractivity contribution in [1.29, 1.82) is 0 Å². The lowest BCUT2D eigenvalue weighted by molar-refractivity contribution is -0.117. The van der Waals surface area contributed by atoms with E-state index < -0.39 is 6.09 Å². The SMILES string of the molecule is Cc1ccc(N2C(=O)COC2=O)c(C)c1C. The minimum Gasteiger partial charge on any atom is -0.439 e. The second-order valence-corrected chi connectivity index (χ2v) is 3.94. The van der Waals surface area contributed by atoms with Crippen molar-refractivity contribution in [1.82, 2.24) is 0 Å². The van der Waals surface area contributed by atoms with Crippen molar-refractivity contribution in [3.05, 3.63) is 28.8 Å². The first kappa shape index (κ1) is 10.7. The number of cyclic esters (lactones) is 1. The number of aryl methyl sites for hydroxylation is 1. The van der Waals surface area contributed by atoms with Gasteiger partial charge in [0.15, 0.2) is 6.61 Å². The van der Waals surface area contributed by atoms with Crippen LogP contribution < -0.4 is 4.90 Å². The van der Waals surface area contributed by atoms with Crippen molar-refractivity contribution in [2.45, 2.75) is 20.8 Å². The molecule has 0 radical (unpaired) electrons. The normalized spacial score (nSPS) is 15.6. The molecule has 84 valence electrons. The standard InChI is InChI=1S/C12H13NO3/c1-7-4-5-10(9(3)8(7)2)13-11(14)6-16-12(13)15/h4-5H,6H2,1-3H3. The van der Waals surface area contributed by atoms with Crippen LogP contribution in [0.5, 0.6) is 0 Å². The first-order chi connectivity index (χ1) is 7.52. The molecule has 0 unspecified atom stereocenters. The molecule has 1 saturated heterocycles. The van der Waals surface area contributed by atoms with E-state index in [0.717, 1.165) is 21.6 Å². The Morgan fingerprint density at radius 1 is 1.12 bits per heavy atom. The summed E-state index contributed by atoms with van der Waals surface area (Å²) >= 11 is 0. The molecule has 1 aromatic carbocycles. The van der Waals surface area contributed by atoms with Crippen LogP contribution in [0.25, 0.3) is 0 Å². The average Bonchev–Trinajstić information content (AvgIpc) is 2.57. The van der Waals surface area contributed by atoms with Crippen LogP contribution in [-0.4, -0.2) is 18.6 Å². The smallest absolute Gasteiger partial charge is 0.421 e. The Labute approximate surface area is 93.8 Å². The zero-order valence-corrected chi connectivity index (χ0v) is 9.53. The fourth-order valence-corrected chi connectivity index (χ4v) is 1.77. The van der Waals surface area contributed by atoms with E-state index in [0.29, 0.717) is 5.69 Å². The number of carbonyl (C=O) groups is 2. The summed E-state index contributed by atoms with van der Waals surface area (Å²) in [5.41, 5.74) is 3.79. The number of rotatable bonds is 1. The maximum atomic E-state index is 11.5. The highest BCUT2D eigenvalue weighted by molar-refractivity contribution is 6.17. The van der Waals surface area contributed by atoms with Gasteiger partial charge in [0.25, 0.3) is 5.91 Å². The molecule has 0 spiro atoms. The number of benzene rings is 1. The third-order valence-corrected chi connectivity index (χ3v) is 3.02. The fourth-order valence-electron chi connectivity index (χ4n) is 1.77. The van der Waals surface area contributed by atoms with Crippen LogP contribution in [0.1, 0.15) is 16.7 Å². The number of amides is 2. The van der Waals surface area contributed by atoms with Gasteiger partial charge in [-0.1, -0.05) is 6.07 Å². The molecule has 4 nitrogen and oxygen atoms in total. The van der Waals surface area contributed by atoms with Crippen LogP contribution in [0.15, 0.2) is 12.1 Å². The van der Waals surface area contributed by atoms with Gasteiger partial charge < -0.3 is 4.74 Å². The van der Waals surface area contributed by atoms with E-state index in [1.54, 1.807) is 6.07 Å². The van der Waals surface area contributed by atoms with E-state index in [4.69, 9.17) is 4.74 Å². The number of imide groups is 1. The van der Waals surface area contributed by atoms with Crippen molar-refractivity contribution in [2.75, 3.05) is 11.5 Å². The third kappa shape index (κ3) is 1.46. The molecule has 16 heavy (non-hydrogen) atoms. The van der Waals surface area contributed by atoms with Gasteiger partial charge in [0.2, 0.25) is 0 Å². The van der Waals surface area contributed by atoms with Crippen LogP contribution in [0.4, 0.5) is 10.5 Å². The van der Waals surface area contributed by atoms with Gasteiger partial charge in [-0.25, -0.2) is 9.69 Å². The zero-order chi connectivity index (χ0) is 11.9. The summed E-state index contributed by atoms with van der Waals surface area (Å²) < 4.78 is 4.69. The van der Waals surface area contributed by atoms with Crippen molar-refractivity contribution in [3.63, 3.8) is 0 Å². The lowest BCUT2D eigenvalue weighted by Crippen LogP contribution is -2.29. The van der Waals surface area contributed by atoms with Gasteiger partial charge in [0.05, 0.1) is 5.69 Å². The summed E-state index contributed by atoms with van der Waals surface area (Å²) in [5.74, 6) is -0.309. The van der Waals surface area contributed by atoms with Gasteiger partial charge in [-0.2, -0.15) is 0 Å². The molecule has 0 saturated carbocycles. The van der Waals surface area contributed by atoms with Crippen LogP contribution in [0, 0.1) is 20.8 Å². The van der Waals surface area contributed by atoms with E-state index in [1.807, 2.05) is 26.8 Å². The number of anilines is 1. The lowest BCUT2D eigenvalue weighted by atomic mass is 10.0. The molecular weight excluding hydrogens is 206 g/mol. The Hall–Kier alpha value is -1.84. The summed E-state index contributed by atoms with van der Waals surface area (Å²) in [5, 5.41) is 0. The molecule has 2 rings (SSSR count). The molecule has 4 heteroatoms. The van der Waals surface area contributed by atoms with Gasteiger partial charge in [0, 0.05) is 0 Å². The Morgan fingerprint density at radius 3 is 2.38 bits per heavy atom. The number of ether oxygens (including phenoxy) is 1. The van der Waals surface area contributed by atoms with Crippen molar-refractivity contribution < 1.29 is 14.3 Å². The Kier molecular flexibility index (Phi) is 2.42. The largest absolute Gasteiger partial charge is 0.439 e. The van der Waals surface area contributed by atoms with E-state index in [-0.39, 0.29) is 12.5 Å². The second kappa shape index (κ2) is 3.63. The van der Waals surface area contributed by atoms with E-state index in [9.17, 15) is 9.59 Å². The predicted molar refractivity (Wildman–Crippen MR) is 59.5 cm³/mol. The van der Waals surface area contributed by atoms with Gasteiger partial charge in [-0.05, 0) is 43.5 Å². The fraction of sp³-hybridized carbons (Fsp3) is 0.333. The highest BCUT2D eigenvalue weighted by Crippen LogP contribution is 2.27. The second-order valence-electron chi connectivity index (χ2n) is 3.94. The average molecular weight is 219 g/mol. The first-order valence-electron chi connectivity index (χ1n) is 5.09. The van der Waals surface area contributed by atoms with Crippen molar-refractivity contribution in [3.8, 4) is 0 Å². The molecule has 0 aliphatic carbocycles. The molecule has 2 amide bonds. The van der Waals surface area contributed by atoms with Crippen LogP contribution in [-0.2, 0) is 9.53 Å². The summed E-state index contributed by atoms with van der Waals surface area (Å²) in [6.45, 7) is 5.71. The van der Waals surface area contributed by atoms with Crippen molar-refractivity contribution in [2.24, 2.45) is 0 Å².